The number of hydrogen-bond donors (Lipinski definition) is 3. The van der Waals surface area contributed by atoms with Crippen LogP contribution in [0, 0.1) is 5.82 Å². The average Bonchev–Trinajstić information content (AvgIpc) is 3.01. The molecule has 0 amide bonds. The molecule has 0 radical (unpaired) electrons. The Morgan fingerprint density at radius 2 is 1.93 bits per heavy atom. The third-order valence-corrected chi connectivity index (χ3v) is 4.19. The number of nitrogens with one attached hydrogen (secondary N) is 1. The first kappa shape index (κ1) is 20.2. The standard InChI is InChI=1S/C20H19FN2O6/c1-27-19(25)16(22)9-12-4-7-14(10-15(12)21)28-13-5-2-11(3-6-13)8-17-18(24)23-20(26)29-17/h2-7,10,16,24H,8-9,22H2,1H3,(H,23,26). The number of carbonyl (C=O) groups excluding carboxylic acids is 1. The molecule has 0 aliphatic heterocycles. The summed E-state index contributed by atoms with van der Waals surface area (Å²) in [4.78, 5) is 24.6. The van der Waals surface area contributed by atoms with Gasteiger partial charge in [-0.3, -0.25) is 9.78 Å². The number of aromatic nitrogens is 1. The zero-order chi connectivity index (χ0) is 21.0. The van der Waals surface area contributed by atoms with Crippen LogP contribution in [0.1, 0.15) is 16.9 Å². The number of esters is 1. The van der Waals surface area contributed by atoms with Crippen molar-refractivity contribution < 1.29 is 28.2 Å². The highest BCUT2D eigenvalue weighted by Crippen LogP contribution is 2.25. The Bertz CT molecular complexity index is 1060. The zero-order valence-electron chi connectivity index (χ0n) is 15.5. The molecule has 0 bridgehead atoms. The van der Waals surface area contributed by atoms with E-state index in [1.54, 1.807) is 30.3 Å². The number of oxazole rings is 1. The first-order chi connectivity index (χ1) is 13.9. The maximum atomic E-state index is 14.3. The summed E-state index contributed by atoms with van der Waals surface area (Å²) in [6, 6.07) is 10.1. The van der Waals surface area contributed by atoms with Gasteiger partial charge < -0.3 is 24.7 Å². The molecule has 1 unspecified atom stereocenters. The predicted octanol–water partition coefficient (Wildman–Crippen LogP) is 2.24. The number of aromatic amines is 1. The van der Waals surface area contributed by atoms with Crippen LogP contribution in [0.25, 0.3) is 0 Å². The summed E-state index contributed by atoms with van der Waals surface area (Å²) in [7, 11) is 1.22. The number of hydrogen-bond acceptors (Lipinski definition) is 7. The van der Waals surface area contributed by atoms with E-state index in [9.17, 15) is 19.1 Å². The maximum Gasteiger partial charge on any atom is 0.419 e. The third kappa shape index (κ3) is 5.02. The van der Waals surface area contributed by atoms with Gasteiger partial charge in [0.1, 0.15) is 23.4 Å². The summed E-state index contributed by atoms with van der Waals surface area (Å²) in [5.74, 6) is -1.32. The fourth-order valence-corrected chi connectivity index (χ4v) is 2.70. The predicted molar refractivity (Wildman–Crippen MR) is 100 cm³/mol. The third-order valence-electron chi connectivity index (χ3n) is 4.19. The Balaban J connectivity index is 1.65. The molecule has 1 atom stereocenters. The van der Waals surface area contributed by atoms with E-state index in [0.717, 1.165) is 5.56 Å². The summed E-state index contributed by atoms with van der Waals surface area (Å²) < 4.78 is 29.3. The number of H-pyrrole nitrogens is 1. The Morgan fingerprint density at radius 1 is 1.24 bits per heavy atom. The summed E-state index contributed by atoms with van der Waals surface area (Å²) in [5.41, 5.74) is 6.70. The fourth-order valence-electron chi connectivity index (χ4n) is 2.70. The molecule has 3 rings (SSSR count). The number of nitrogens with two attached hydrogens (primary N) is 1. The highest BCUT2D eigenvalue weighted by molar-refractivity contribution is 5.75. The van der Waals surface area contributed by atoms with Crippen LogP contribution in [0.3, 0.4) is 0 Å². The number of halogens is 1. The van der Waals surface area contributed by atoms with Crippen LogP contribution < -0.4 is 16.2 Å². The molecule has 2 aromatic carbocycles. The van der Waals surface area contributed by atoms with E-state index in [-0.39, 0.29) is 35.8 Å². The monoisotopic (exact) mass is 402 g/mol. The molecule has 0 saturated heterocycles. The van der Waals surface area contributed by atoms with Crippen LogP contribution in [-0.2, 0) is 22.4 Å². The molecule has 1 aromatic heterocycles. The van der Waals surface area contributed by atoms with Crippen molar-refractivity contribution in [1.29, 1.82) is 0 Å². The second-order valence-electron chi connectivity index (χ2n) is 6.30. The summed E-state index contributed by atoms with van der Waals surface area (Å²) in [6.07, 6.45) is 0.226. The van der Waals surface area contributed by atoms with Gasteiger partial charge in [-0.25, -0.2) is 9.18 Å². The lowest BCUT2D eigenvalue weighted by Crippen LogP contribution is -2.33. The second-order valence-corrected chi connectivity index (χ2v) is 6.30. The van der Waals surface area contributed by atoms with Gasteiger partial charge in [0.2, 0.25) is 5.88 Å². The highest BCUT2D eigenvalue weighted by Gasteiger charge is 2.17. The molecular weight excluding hydrogens is 383 g/mol. The van der Waals surface area contributed by atoms with Crippen LogP contribution in [0.5, 0.6) is 17.4 Å². The molecule has 0 aliphatic carbocycles. The number of benzene rings is 2. The number of ether oxygens (including phenoxy) is 2. The lowest BCUT2D eigenvalue weighted by molar-refractivity contribution is -0.142. The largest absolute Gasteiger partial charge is 0.492 e. The topological polar surface area (TPSA) is 128 Å². The smallest absolute Gasteiger partial charge is 0.419 e. The van der Waals surface area contributed by atoms with Crippen molar-refractivity contribution in [2.45, 2.75) is 18.9 Å². The lowest BCUT2D eigenvalue weighted by Gasteiger charge is -2.11. The molecule has 3 aromatic rings. The fraction of sp³-hybridized carbons (Fsp3) is 0.200. The molecule has 0 aliphatic rings. The number of methoxy groups -OCH3 is 1. The molecule has 152 valence electrons. The van der Waals surface area contributed by atoms with E-state index in [4.69, 9.17) is 14.9 Å². The van der Waals surface area contributed by atoms with Gasteiger partial charge in [-0.05, 0) is 29.3 Å². The van der Waals surface area contributed by atoms with Gasteiger partial charge >= 0.3 is 11.7 Å². The summed E-state index contributed by atoms with van der Waals surface area (Å²) >= 11 is 0. The molecule has 4 N–H and O–H groups in total. The normalized spacial score (nSPS) is 11.8. The molecule has 0 spiro atoms. The van der Waals surface area contributed by atoms with Crippen molar-refractivity contribution in [1.82, 2.24) is 4.98 Å². The molecule has 0 fully saturated rings. The lowest BCUT2D eigenvalue weighted by atomic mass is 10.1. The first-order valence-corrected chi connectivity index (χ1v) is 8.65. The Labute approximate surface area is 164 Å². The van der Waals surface area contributed by atoms with E-state index in [2.05, 4.69) is 9.72 Å². The second kappa shape index (κ2) is 8.61. The Hall–Kier alpha value is -3.59. The SMILES string of the molecule is COC(=O)C(N)Cc1ccc(Oc2ccc(Cc3oc(=O)[nH]c3O)cc2)cc1F. The minimum atomic E-state index is -0.947. The summed E-state index contributed by atoms with van der Waals surface area (Å²) in [5, 5.41) is 9.55. The quantitative estimate of drug-likeness (QED) is 0.517. The van der Waals surface area contributed by atoms with Gasteiger partial charge in [0, 0.05) is 18.9 Å². The van der Waals surface area contributed by atoms with Gasteiger partial charge in [0.05, 0.1) is 7.11 Å². The van der Waals surface area contributed by atoms with Crippen LogP contribution in [0.4, 0.5) is 4.39 Å². The first-order valence-electron chi connectivity index (χ1n) is 8.65. The van der Waals surface area contributed by atoms with Crippen molar-refractivity contribution in [3.63, 3.8) is 0 Å². The van der Waals surface area contributed by atoms with Crippen LogP contribution in [0.15, 0.2) is 51.7 Å². The van der Waals surface area contributed by atoms with E-state index in [1.807, 2.05) is 0 Å². The number of carbonyl (C=O) groups is 1. The average molecular weight is 402 g/mol. The van der Waals surface area contributed by atoms with E-state index in [1.165, 1.54) is 19.2 Å². The van der Waals surface area contributed by atoms with Crippen molar-refractivity contribution in [3.8, 4) is 17.4 Å². The molecule has 9 heteroatoms. The maximum absolute atomic E-state index is 14.3. The van der Waals surface area contributed by atoms with Crippen LogP contribution >= 0.6 is 0 Å². The van der Waals surface area contributed by atoms with E-state index in [0.29, 0.717) is 5.75 Å². The van der Waals surface area contributed by atoms with Crippen molar-refractivity contribution >= 4 is 5.97 Å². The molecule has 1 heterocycles. The number of aromatic hydroxyl groups is 1. The van der Waals surface area contributed by atoms with Gasteiger partial charge in [0.15, 0.2) is 5.76 Å². The number of rotatable bonds is 7. The molecule has 0 saturated carbocycles. The van der Waals surface area contributed by atoms with Gasteiger partial charge in [-0.15, -0.1) is 0 Å². The highest BCUT2D eigenvalue weighted by atomic mass is 19.1. The van der Waals surface area contributed by atoms with Crippen molar-refractivity contribution in [2.75, 3.05) is 7.11 Å². The minimum Gasteiger partial charge on any atom is -0.492 e. The minimum absolute atomic E-state index is 0.00953. The van der Waals surface area contributed by atoms with Crippen LogP contribution in [-0.4, -0.2) is 29.2 Å². The zero-order valence-corrected chi connectivity index (χ0v) is 15.5. The van der Waals surface area contributed by atoms with Gasteiger partial charge in [0.25, 0.3) is 0 Å². The van der Waals surface area contributed by atoms with Gasteiger partial charge in [-0.2, -0.15) is 0 Å². The molecular formula is C20H19FN2O6. The van der Waals surface area contributed by atoms with E-state index >= 15 is 0 Å². The van der Waals surface area contributed by atoms with Crippen LogP contribution in [0.2, 0.25) is 0 Å². The van der Waals surface area contributed by atoms with Gasteiger partial charge in [-0.1, -0.05) is 18.2 Å². The Morgan fingerprint density at radius 3 is 2.52 bits per heavy atom. The van der Waals surface area contributed by atoms with E-state index < -0.39 is 23.6 Å². The molecule has 8 nitrogen and oxygen atoms in total. The van der Waals surface area contributed by atoms with Crippen molar-refractivity contribution in [3.05, 3.63) is 75.7 Å². The summed E-state index contributed by atoms with van der Waals surface area (Å²) in [6.45, 7) is 0. The molecule has 29 heavy (non-hydrogen) atoms. The van der Waals surface area contributed by atoms with Crippen molar-refractivity contribution in [2.24, 2.45) is 5.73 Å². The Kier molecular flexibility index (Phi) is 5.99.